The number of aromatic nitrogens is 2. The summed E-state index contributed by atoms with van der Waals surface area (Å²) >= 11 is 0. The van der Waals surface area contributed by atoms with E-state index in [1.54, 1.807) is 0 Å². The summed E-state index contributed by atoms with van der Waals surface area (Å²) in [5.41, 5.74) is 13.7. The van der Waals surface area contributed by atoms with Crippen LogP contribution in [0.4, 0.5) is 0 Å². The third-order valence-electron chi connectivity index (χ3n) is 7.30. The van der Waals surface area contributed by atoms with Crippen molar-refractivity contribution in [2.45, 2.75) is 12.8 Å². The predicted molar refractivity (Wildman–Crippen MR) is 127 cm³/mol. The van der Waals surface area contributed by atoms with Crippen LogP contribution >= 0.6 is 0 Å². The molecule has 0 saturated carbocycles. The molecule has 0 unspecified atom stereocenters. The highest BCUT2D eigenvalue weighted by Gasteiger charge is 2.27. The lowest BCUT2D eigenvalue weighted by Crippen LogP contribution is -1.93. The maximum Gasteiger partial charge on any atom is 0.145 e. The Morgan fingerprint density at radius 3 is 2.42 bits per heavy atom. The van der Waals surface area contributed by atoms with E-state index < -0.39 is 0 Å². The van der Waals surface area contributed by atoms with Gasteiger partial charge in [-0.05, 0) is 87.0 Å². The van der Waals surface area contributed by atoms with Crippen LogP contribution < -0.4 is 0 Å². The van der Waals surface area contributed by atoms with Crippen molar-refractivity contribution in [3.05, 3.63) is 107 Å². The zero-order valence-electron chi connectivity index (χ0n) is 16.9. The molecule has 8 rings (SSSR count). The van der Waals surface area contributed by atoms with E-state index in [-0.39, 0.29) is 0 Å². The number of pyridine rings is 1. The number of fused-ring (bicyclic) bond motifs is 13. The lowest BCUT2D eigenvalue weighted by atomic mass is 9.96. The summed E-state index contributed by atoms with van der Waals surface area (Å²) in [6, 6.07) is 27.1. The van der Waals surface area contributed by atoms with Gasteiger partial charge in [0.05, 0.1) is 5.52 Å². The first kappa shape index (κ1) is 15.9. The summed E-state index contributed by atoms with van der Waals surface area (Å²) in [6.07, 6.45) is 6.00. The standard InChI is InChI=1S/C29H18N2/c1-2-6-20-17(5-1)13-18-14-25-19(15-24(18)20)16-26-21(25)9-10-23-28(26)22-7-3-4-8-27(22)31-12-11-30-29(23)31/h1-12,14-15H,13,16H2. The number of para-hydroxylation sites is 1. The van der Waals surface area contributed by atoms with Crippen LogP contribution in [0.3, 0.4) is 0 Å². The summed E-state index contributed by atoms with van der Waals surface area (Å²) in [7, 11) is 0. The van der Waals surface area contributed by atoms with Crippen LogP contribution in [0.2, 0.25) is 0 Å². The second-order valence-corrected chi connectivity index (χ2v) is 8.83. The molecule has 0 atom stereocenters. The molecule has 0 bridgehead atoms. The summed E-state index contributed by atoms with van der Waals surface area (Å²) in [4.78, 5) is 4.71. The van der Waals surface area contributed by atoms with E-state index in [9.17, 15) is 0 Å². The van der Waals surface area contributed by atoms with Crippen molar-refractivity contribution in [1.29, 1.82) is 0 Å². The van der Waals surface area contributed by atoms with Gasteiger partial charge < -0.3 is 0 Å². The van der Waals surface area contributed by atoms with Gasteiger partial charge in [0, 0.05) is 23.2 Å². The van der Waals surface area contributed by atoms with Gasteiger partial charge in [0.25, 0.3) is 0 Å². The van der Waals surface area contributed by atoms with Crippen molar-refractivity contribution in [2.24, 2.45) is 0 Å². The van der Waals surface area contributed by atoms with E-state index >= 15 is 0 Å². The third kappa shape index (κ3) is 1.91. The Hall–Kier alpha value is -3.91. The molecule has 0 aliphatic heterocycles. The van der Waals surface area contributed by atoms with E-state index in [2.05, 4.69) is 83.4 Å². The number of rotatable bonds is 0. The van der Waals surface area contributed by atoms with Crippen molar-refractivity contribution in [2.75, 3.05) is 0 Å². The zero-order chi connectivity index (χ0) is 20.1. The highest BCUT2D eigenvalue weighted by Crippen LogP contribution is 2.47. The maximum absolute atomic E-state index is 4.71. The Balaban J connectivity index is 1.45. The molecule has 2 aromatic heterocycles. The number of hydrogen-bond donors (Lipinski definition) is 0. The second-order valence-electron chi connectivity index (χ2n) is 8.83. The van der Waals surface area contributed by atoms with Gasteiger partial charge >= 0.3 is 0 Å². The number of nitrogens with zero attached hydrogens (tertiary/aromatic N) is 2. The monoisotopic (exact) mass is 394 g/mol. The van der Waals surface area contributed by atoms with Crippen molar-refractivity contribution in [3.8, 4) is 22.3 Å². The summed E-state index contributed by atoms with van der Waals surface area (Å²) < 4.78 is 2.22. The van der Waals surface area contributed by atoms with Crippen molar-refractivity contribution in [3.63, 3.8) is 0 Å². The first-order chi connectivity index (χ1) is 15.4. The van der Waals surface area contributed by atoms with Gasteiger partial charge in [-0.15, -0.1) is 0 Å². The fourth-order valence-electron chi connectivity index (χ4n) is 5.99. The van der Waals surface area contributed by atoms with Crippen LogP contribution in [0.25, 0.3) is 49.6 Å². The molecule has 0 saturated heterocycles. The zero-order valence-corrected chi connectivity index (χ0v) is 16.9. The van der Waals surface area contributed by atoms with Crippen molar-refractivity contribution >= 4 is 27.3 Å². The number of imidazole rings is 1. The van der Waals surface area contributed by atoms with Crippen LogP contribution in [-0.4, -0.2) is 9.38 Å². The molecule has 2 nitrogen and oxygen atoms in total. The topological polar surface area (TPSA) is 17.3 Å². The highest BCUT2D eigenvalue weighted by molar-refractivity contribution is 6.15. The molecular weight excluding hydrogens is 376 g/mol. The number of benzene rings is 4. The Morgan fingerprint density at radius 1 is 0.645 bits per heavy atom. The molecule has 2 heterocycles. The maximum atomic E-state index is 4.71. The van der Waals surface area contributed by atoms with E-state index in [0.29, 0.717) is 0 Å². The Morgan fingerprint density at radius 2 is 1.45 bits per heavy atom. The fourth-order valence-corrected chi connectivity index (χ4v) is 5.99. The largest absolute Gasteiger partial charge is 0.299 e. The van der Waals surface area contributed by atoms with E-state index in [0.717, 1.165) is 18.5 Å². The van der Waals surface area contributed by atoms with Crippen molar-refractivity contribution < 1.29 is 0 Å². The van der Waals surface area contributed by atoms with Gasteiger partial charge in [-0.1, -0.05) is 48.5 Å². The predicted octanol–water partition coefficient (Wildman–Crippen LogP) is 6.78. The lowest BCUT2D eigenvalue weighted by molar-refractivity contribution is 1.24. The minimum atomic E-state index is 0.984. The molecule has 0 amide bonds. The average molecular weight is 394 g/mol. The minimum absolute atomic E-state index is 0.984. The molecule has 2 aliphatic carbocycles. The minimum Gasteiger partial charge on any atom is -0.299 e. The molecule has 4 aromatic carbocycles. The first-order valence-corrected chi connectivity index (χ1v) is 10.9. The van der Waals surface area contributed by atoms with Gasteiger partial charge in [0.2, 0.25) is 0 Å². The molecule has 6 aromatic rings. The Labute approximate surface area is 179 Å². The third-order valence-corrected chi connectivity index (χ3v) is 7.30. The van der Waals surface area contributed by atoms with E-state index in [1.165, 1.54) is 66.2 Å². The highest BCUT2D eigenvalue weighted by atomic mass is 15.0. The molecule has 0 N–H and O–H groups in total. The summed E-state index contributed by atoms with van der Waals surface area (Å²) in [6.45, 7) is 0. The molecule has 31 heavy (non-hydrogen) atoms. The number of hydrogen-bond acceptors (Lipinski definition) is 1. The fraction of sp³-hybridized carbons (Fsp3) is 0.0690. The molecule has 2 aliphatic rings. The molecular formula is C29H18N2. The van der Waals surface area contributed by atoms with Crippen molar-refractivity contribution in [1.82, 2.24) is 9.38 Å². The average Bonchev–Trinajstić information content (AvgIpc) is 3.52. The van der Waals surface area contributed by atoms with Crippen LogP contribution in [0.15, 0.2) is 85.2 Å². The smallest absolute Gasteiger partial charge is 0.145 e. The van der Waals surface area contributed by atoms with E-state index in [4.69, 9.17) is 4.98 Å². The lowest BCUT2D eigenvalue weighted by Gasteiger charge is -2.12. The Kier molecular flexibility index (Phi) is 2.77. The van der Waals surface area contributed by atoms with E-state index in [1.807, 2.05) is 6.20 Å². The van der Waals surface area contributed by atoms with Crippen LogP contribution in [0.1, 0.15) is 22.3 Å². The molecule has 144 valence electrons. The van der Waals surface area contributed by atoms with Gasteiger partial charge in [-0.25, -0.2) is 4.98 Å². The van der Waals surface area contributed by atoms with Gasteiger partial charge in [-0.2, -0.15) is 0 Å². The SMILES string of the molecule is c1ccc2c(c1)Cc1cc3c(cc1-2)Cc1c-3ccc2c1c1ccccc1n1ccnc21. The van der Waals surface area contributed by atoms with Gasteiger partial charge in [0.1, 0.15) is 5.65 Å². The normalized spacial score (nSPS) is 13.5. The molecule has 2 heteroatoms. The Bertz CT molecular complexity index is 1740. The summed E-state index contributed by atoms with van der Waals surface area (Å²) in [5, 5.41) is 3.92. The van der Waals surface area contributed by atoms with Crippen LogP contribution in [-0.2, 0) is 12.8 Å². The van der Waals surface area contributed by atoms with Gasteiger partial charge in [0.15, 0.2) is 0 Å². The quantitative estimate of drug-likeness (QED) is 0.259. The molecule has 0 radical (unpaired) electrons. The molecule has 0 spiro atoms. The molecule has 0 fully saturated rings. The van der Waals surface area contributed by atoms with Crippen LogP contribution in [0.5, 0.6) is 0 Å². The van der Waals surface area contributed by atoms with Crippen LogP contribution in [0, 0.1) is 0 Å². The van der Waals surface area contributed by atoms with Gasteiger partial charge in [-0.3, -0.25) is 4.40 Å². The first-order valence-electron chi connectivity index (χ1n) is 10.9. The summed E-state index contributed by atoms with van der Waals surface area (Å²) in [5.74, 6) is 0. The second kappa shape index (κ2) is 5.41.